The topological polar surface area (TPSA) is 71.0 Å². The predicted molar refractivity (Wildman–Crippen MR) is 323 cm³/mol. The van der Waals surface area contributed by atoms with Gasteiger partial charge in [-0.15, -0.1) is 0 Å². The first-order chi connectivity index (χ1) is 35.5. The molecule has 0 spiro atoms. The Morgan fingerprint density at radius 1 is 0.355 bits per heavy atom. The maximum atomic E-state index is 7.59. The Labute approximate surface area is 455 Å². The molecule has 8 heteroatoms. The Morgan fingerprint density at radius 2 is 0.605 bits per heavy atom. The van der Waals surface area contributed by atoms with Gasteiger partial charge < -0.3 is 25.8 Å². The molecule has 8 aromatic rings. The highest BCUT2D eigenvalue weighted by Gasteiger charge is 2.33. The van der Waals surface area contributed by atoms with E-state index >= 15 is 0 Å². The van der Waals surface area contributed by atoms with Crippen LogP contribution in [0.5, 0.6) is 11.5 Å². The van der Waals surface area contributed by atoms with Gasteiger partial charge in [-0.05, 0) is 207 Å². The molecule has 2 aromatic heterocycles. The molecule has 76 heavy (non-hydrogen) atoms. The van der Waals surface area contributed by atoms with Crippen LogP contribution in [0.25, 0.3) is 55.0 Å². The quantitative estimate of drug-likeness (QED) is 0.171. The maximum Gasteiger partial charge on any atom is 0.453 e. The summed E-state index contributed by atoms with van der Waals surface area (Å²) in [6.07, 6.45) is 8.35. The summed E-state index contributed by atoms with van der Waals surface area (Å²) >= 11 is 0. The summed E-state index contributed by atoms with van der Waals surface area (Å²) in [7, 11) is -4.13. The molecule has 0 bridgehead atoms. The SMILES string of the molecule is Cc1cc(C(C)(C)C)c2op(Oc3ccc4c(c3-c3c(Op5oc6c(C(C)(C)C)cc(C)c(C)c6c6c(C)c(C)cc(C(C)(C)C)c6o5)ccc5c3CCCC5)CCCC4)oc3c(C(C)(C)C)cc(C)c(C)c3c2c1C. The summed E-state index contributed by atoms with van der Waals surface area (Å²) in [5.41, 5.74) is 24.3. The van der Waals surface area contributed by atoms with E-state index in [4.69, 9.17) is 25.8 Å². The van der Waals surface area contributed by atoms with Crippen LogP contribution in [0.3, 0.4) is 0 Å². The third kappa shape index (κ3) is 9.44. The highest BCUT2D eigenvalue weighted by Crippen LogP contribution is 2.54. The van der Waals surface area contributed by atoms with Gasteiger partial charge in [0.05, 0.1) is 0 Å². The van der Waals surface area contributed by atoms with Crippen LogP contribution in [0.15, 0.2) is 65.3 Å². The molecule has 2 heterocycles. The van der Waals surface area contributed by atoms with Crippen LogP contribution in [-0.2, 0) is 47.3 Å². The second-order valence-corrected chi connectivity index (χ2v) is 28.8. The van der Waals surface area contributed by atoms with Gasteiger partial charge >= 0.3 is 16.5 Å². The Balaban J connectivity index is 1.31. The zero-order chi connectivity index (χ0) is 54.9. The van der Waals surface area contributed by atoms with Gasteiger partial charge in [0, 0.05) is 54.9 Å². The molecule has 0 atom stereocenters. The van der Waals surface area contributed by atoms with E-state index in [0.717, 1.165) is 140 Å². The molecular weight excluding hydrogens is 975 g/mol. The van der Waals surface area contributed by atoms with Crippen LogP contribution < -0.4 is 9.05 Å². The first-order valence-corrected chi connectivity index (χ1v) is 30.3. The van der Waals surface area contributed by atoms with Crippen molar-refractivity contribution in [3.05, 3.63) is 138 Å². The molecule has 0 N–H and O–H groups in total. The van der Waals surface area contributed by atoms with Gasteiger partial charge in [0.15, 0.2) is 0 Å². The maximum absolute atomic E-state index is 7.59. The Hall–Kier alpha value is -5.28. The lowest BCUT2D eigenvalue weighted by atomic mass is 9.80. The fourth-order valence-corrected chi connectivity index (χ4v) is 14.5. The van der Waals surface area contributed by atoms with E-state index in [1.807, 2.05) is 0 Å². The summed E-state index contributed by atoms with van der Waals surface area (Å²) in [4.78, 5) is 0. The first-order valence-electron chi connectivity index (χ1n) is 28.1. The van der Waals surface area contributed by atoms with Crippen molar-refractivity contribution >= 4 is 60.4 Å². The normalized spacial score (nSPS) is 14.4. The number of benzene rings is 6. The van der Waals surface area contributed by atoms with E-state index in [0.29, 0.717) is 0 Å². The van der Waals surface area contributed by atoms with Crippen LogP contribution in [0.2, 0.25) is 0 Å². The molecule has 6 nitrogen and oxygen atoms in total. The smallest absolute Gasteiger partial charge is 0.390 e. The fraction of sp³-hybridized carbons (Fsp3) is 0.471. The second kappa shape index (κ2) is 19.3. The first kappa shape index (κ1) is 54.1. The van der Waals surface area contributed by atoms with E-state index < -0.39 is 16.5 Å². The van der Waals surface area contributed by atoms with E-state index in [1.54, 1.807) is 0 Å². The molecule has 0 saturated carbocycles. The molecule has 0 fully saturated rings. The number of fused-ring (bicyclic) bond motifs is 8. The molecule has 10 rings (SSSR count). The molecule has 2 aliphatic rings. The number of hydrogen-bond donors (Lipinski definition) is 0. The van der Waals surface area contributed by atoms with Crippen molar-refractivity contribution in [2.24, 2.45) is 0 Å². The van der Waals surface area contributed by atoms with E-state index in [1.165, 1.54) is 66.8 Å². The van der Waals surface area contributed by atoms with Crippen molar-refractivity contribution < 1.29 is 25.8 Å². The van der Waals surface area contributed by atoms with Gasteiger partial charge in [0.2, 0.25) is 0 Å². The third-order valence-corrected chi connectivity index (χ3v) is 19.2. The van der Waals surface area contributed by atoms with Gasteiger partial charge in [-0.1, -0.05) is 119 Å². The van der Waals surface area contributed by atoms with Crippen molar-refractivity contribution in [2.75, 3.05) is 0 Å². The second-order valence-electron chi connectivity index (χ2n) is 26.8. The monoisotopic (exact) mass is 1060 g/mol. The van der Waals surface area contributed by atoms with Gasteiger partial charge in [0.25, 0.3) is 0 Å². The average Bonchev–Trinajstić information content (AvgIpc) is 3.66. The minimum atomic E-state index is -2.07. The van der Waals surface area contributed by atoms with Crippen LogP contribution in [0, 0.1) is 55.4 Å². The van der Waals surface area contributed by atoms with Crippen LogP contribution in [0.1, 0.15) is 198 Å². The van der Waals surface area contributed by atoms with E-state index in [9.17, 15) is 0 Å². The molecule has 402 valence electrons. The number of aryl methyl sites for hydroxylation is 10. The number of rotatable bonds is 5. The van der Waals surface area contributed by atoms with E-state index in [-0.39, 0.29) is 21.7 Å². The zero-order valence-electron chi connectivity index (χ0n) is 49.6. The minimum absolute atomic E-state index is 0.230. The highest BCUT2D eigenvalue weighted by molar-refractivity contribution is 7.32. The van der Waals surface area contributed by atoms with Gasteiger partial charge in [-0.2, -0.15) is 0 Å². The summed E-state index contributed by atoms with van der Waals surface area (Å²) in [6.45, 7) is 45.2. The number of hydrogen-bond acceptors (Lipinski definition) is 6. The summed E-state index contributed by atoms with van der Waals surface area (Å²) < 4.78 is 45.0. The lowest BCUT2D eigenvalue weighted by Crippen LogP contribution is -2.13. The molecule has 0 saturated heterocycles. The minimum Gasteiger partial charge on any atom is -0.390 e. The van der Waals surface area contributed by atoms with Crippen LogP contribution >= 0.6 is 16.5 Å². The molecule has 0 radical (unpaired) electrons. The molecular formula is C68H84O6P2. The molecule has 2 aliphatic carbocycles. The predicted octanol–water partition coefficient (Wildman–Crippen LogP) is 21.7. The largest absolute Gasteiger partial charge is 0.453 e. The fourth-order valence-electron chi connectivity index (χ4n) is 12.3. The summed E-state index contributed by atoms with van der Waals surface area (Å²) in [6, 6.07) is 18.3. The molecule has 0 aliphatic heterocycles. The highest BCUT2D eigenvalue weighted by atomic mass is 31.1. The zero-order valence-corrected chi connectivity index (χ0v) is 51.4. The molecule has 6 aromatic carbocycles. The standard InChI is InChI=1S/C68H84O6P2/c1-37-33-49(65(9,10)11)61-55(41(37)5)56-42(6)38(2)34-50(66(12,13)14)62(56)72-75(71-61)69-53-31-29-45-25-21-23-27-47(45)59(53)60-48-28-24-22-26-46(48)30-32-54(60)70-76-73-63-51(67(15,16)17)35-39(3)43(7)57(63)58-44(8)40(4)36-52(64(58)74-76)68(18,19)20/h29-36H,21-28H2,1-20H3. The van der Waals surface area contributed by atoms with E-state index in [2.05, 4.69) is 187 Å². The lowest BCUT2D eigenvalue weighted by molar-refractivity contribution is 0.483. The average molecular weight is 1060 g/mol. The van der Waals surface area contributed by atoms with Gasteiger partial charge in [0.1, 0.15) is 33.8 Å². The lowest BCUT2D eigenvalue weighted by Gasteiger charge is -2.27. The van der Waals surface area contributed by atoms with Crippen molar-refractivity contribution in [2.45, 2.75) is 212 Å². The van der Waals surface area contributed by atoms with Gasteiger partial charge in [-0.3, -0.25) is 0 Å². The van der Waals surface area contributed by atoms with Crippen molar-refractivity contribution in [3.63, 3.8) is 0 Å². The van der Waals surface area contributed by atoms with Crippen molar-refractivity contribution in [1.82, 2.24) is 0 Å². The van der Waals surface area contributed by atoms with Crippen molar-refractivity contribution in [1.29, 1.82) is 0 Å². The summed E-state index contributed by atoms with van der Waals surface area (Å²) in [5, 5.41) is 4.42. The Bertz CT molecular complexity index is 3350. The Kier molecular flexibility index (Phi) is 13.7. The molecule has 0 amide bonds. The Morgan fingerprint density at radius 3 is 0.855 bits per heavy atom. The van der Waals surface area contributed by atoms with Crippen LogP contribution in [0.4, 0.5) is 0 Å². The van der Waals surface area contributed by atoms with Gasteiger partial charge in [-0.25, -0.2) is 0 Å². The third-order valence-electron chi connectivity index (χ3n) is 17.2. The van der Waals surface area contributed by atoms with Crippen molar-refractivity contribution in [3.8, 4) is 22.6 Å². The molecule has 0 unspecified atom stereocenters. The summed E-state index contributed by atoms with van der Waals surface area (Å²) in [5.74, 6) is 1.49. The van der Waals surface area contributed by atoms with Crippen LogP contribution in [-0.4, -0.2) is 0 Å².